The number of nitrogens with zero attached hydrogens (tertiary/aromatic N) is 2. The normalized spacial score (nSPS) is 23.9. The standard InChI is InChI=1S/C31H34N4O4/c36-29(33-26(23-10-4-1-5-11-23)22-34-16-18-38-19-17-34)27-20-32-21-28-30(37)39-31(35(27)28,24-12-6-2-7-13-24)25-14-8-3-9-15-25/h1-15,26-28,32H,16-22H2,(H,33,36). The molecule has 3 aromatic rings. The fraction of sp³-hybridized carbons (Fsp3) is 0.355. The zero-order valence-electron chi connectivity index (χ0n) is 21.9. The van der Waals surface area contributed by atoms with Crippen LogP contribution in [0, 0.1) is 0 Å². The molecule has 0 radical (unpaired) electrons. The maximum Gasteiger partial charge on any atom is 0.327 e. The topological polar surface area (TPSA) is 83.1 Å². The van der Waals surface area contributed by atoms with Gasteiger partial charge in [-0.3, -0.25) is 14.5 Å². The van der Waals surface area contributed by atoms with Crippen LogP contribution in [-0.4, -0.2) is 79.7 Å². The molecule has 0 spiro atoms. The Morgan fingerprint density at radius 3 is 2.10 bits per heavy atom. The fourth-order valence-electron chi connectivity index (χ4n) is 6.03. The molecule has 2 N–H and O–H groups in total. The number of hydrogen-bond donors (Lipinski definition) is 2. The first kappa shape index (κ1) is 25.7. The molecule has 3 aliphatic heterocycles. The summed E-state index contributed by atoms with van der Waals surface area (Å²) in [4.78, 5) is 31.9. The molecule has 0 aromatic heterocycles. The maximum atomic E-state index is 14.2. The van der Waals surface area contributed by atoms with Gasteiger partial charge >= 0.3 is 5.97 Å². The van der Waals surface area contributed by atoms with E-state index >= 15 is 0 Å². The number of rotatable bonds is 7. The Kier molecular flexibility index (Phi) is 7.43. The molecule has 0 saturated carbocycles. The Morgan fingerprint density at radius 1 is 0.897 bits per heavy atom. The van der Waals surface area contributed by atoms with Crippen molar-refractivity contribution in [3.05, 3.63) is 108 Å². The number of carbonyl (C=O) groups excluding carboxylic acids is 2. The molecular weight excluding hydrogens is 492 g/mol. The SMILES string of the molecule is O=C(NC(CN1CCOCC1)c1ccccc1)C1CNCC2C(=O)OC(c3ccccc3)(c3ccccc3)N12. The van der Waals surface area contributed by atoms with Crippen molar-refractivity contribution in [3.8, 4) is 0 Å². The number of esters is 1. The Hall–Kier alpha value is -3.56. The third-order valence-electron chi connectivity index (χ3n) is 7.93. The van der Waals surface area contributed by atoms with Crippen LogP contribution < -0.4 is 10.6 Å². The smallest absolute Gasteiger partial charge is 0.327 e. The van der Waals surface area contributed by atoms with E-state index in [4.69, 9.17) is 9.47 Å². The summed E-state index contributed by atoms with van der Waals surface area (Å²) in [7, 11) is 0. The van der Waals surface area contributed by atoms with Gasteiger partial charge in [0.2, 0.25) is 11.6 Å². The van der Waals surface area contributed by atoms with Crippen LogP contribution in [0.3, 0.4) is 0 Å². The molecule has 8 heteroatoms. The number of hydrogen-bond acceptors (Lipinski definition) is 7. The summed E-state index contributed by atoms with van der Waals surface area (Å²) < 4.78 is 11.8. The first-order valence-electron chi connectivity index (χ1n) is 13.7. The minimum Gasteiger partial charge on any atom is -0.434 e. The second kappa shape index (κ2) is 11.3. The Balaban J connectivity index is 1.36. The van der Waals surface area contributed by atoms with E-state index in [0.717, 1.165) is 29.8 Å². The molecule has 3 aliphatic rings. The number of cyclic esters (lactones) is 1. The number of benzene rings is 3. The lowest BCUT2D eigenvalue weighted by atomic mass is 9.89. The van der Waals surface area contributed by atoms with Crippen molar-refractivity contribution in [1.82, 2.24) is 20.4 Å². The maximum absolute atomic E-state index is 14.2. The van der Waals surface area contributed by atoms with Gasteiger partial charge < -0.3 is 20.1 Å². The van der Waals surface area contributed by atoms with E-state index in [1.165, 1.54) is 0 Å². The van der Waals surface area contributed by atoms with Gasteiger partial charge in [-0.25, -0.2) is 4.90 Å². The van der Waals surface area contributed by atoms with Crippen LogP contribution in [0.1, 0.15) is 22.7 Å². The Bertz CT molecular complexity index is 1230. The van der Waals surface area contributed by atoms with Crippen molar-refractivity contribution in [2.75, 3.05) is 45.9 Å². The second-order valence-corrected chi connectivity index (χ2v) is 10.3. The summed E-state index contributed by atoms with van der Waals surface area (Å²) >= 11 is 0. The molecule has 3 fully saturated rings. The highest BCUT2D eigenvalue weighted by Crippen LogP contribution is 2.45. The monoisotopic (exact) mass is 526 g/mol. The van der Waals surface area contributed by atoms with Gasteiger partial charge in [0.15, 0.2) is 0 Å². The van der Waals surface area contributed by atoms with Crippen LogP contribution in [0.4, 0.5) is 0 Å². The second-order valence-electron chi connectivity index (χ2n) is 10.3. The lowest BCUT2D eigenvalue weighted by Gasteiger charge is -2.45. The lowest BCUT2D eigenvalue weighted by molar-refractivity contribution is -0.153. The number of carbonyl (C=O) groups is 2. The highest BCUT2D eigenvalue weighted by atomic mass is 16.6. The molecule has 39 heavy (non-hydrogen) atoms. The van der Waals surface area contributed by atoms with Gasteiger partial charge in [0.25, 0.3) is 0 Å². The van der Waals surface area contributed by atoms with Crippen molar-refractivity contribution in [1.29, 1.82) is 0 Å². The molecule has 0 aliphatic carbocycles. The predicted octanol–water partition coefficient (Wildman–Crippen LogP) is 2.28. The van der Waals surface area contributed by atoms with Crippen molar-refractivity contribution in [2.24, 2.45) is 0 Å². The van der Waals surface area contributed by atoms with Crippen molar-refractivity contribution in [2.45, 2.75) is 23.9 Å². The van der Waals surface area contributed by atoms with Gasteiger partial charge in [-0.1, -0.05) is 91.0 Å². The summed E-state index contributed by atoms with van der Waals surface area (Å²) in [6, 6.07) is 28.1. The molecule has 0 bridgehead atoms. The van der Waals surface area contributed by atoms with E-state index in [1.54, 1.807) is 0 Å². The number of fused-ring (bicyclic) bond motifs is 1. The van der Waals surface area contributed by atoms with Gasteiger partial charge in [-0.15, -0.1) is 0 Å². The van der Waals surface area contributed by atoms with E-state index in [2.05, 4.69) is 15.5 Å². The molecule has 1 amide bonds. The van der Waals surface area contributed by atoms with Gasteiger partial charge in [0.1, 0.15) is 12.1 Å². The summed E-state index contributed by atoms with van der Waals surface area (Å²) in [6.45, 7) is 4.53. The van der Waals surface area contributed by atoms with Gasteiger partial charge in [-0.2, -0.15) is 0 Å². The van der Waals surface area contributed by atoms with Crippen molar-refractivity contribution < 1.29 is 19.1 Å². The molecule has 3 saturated heterocycles. The summed E-state index contributed by atoms with van der Waals surface area (Å²) in [5.74, 6) is -0.468. The third-order valence-corrected chi connectivity index (χ3v) is 7.93. The van der Waals surface area contributed by atoms with E-state index in [1.807, 2.05) is 95.9 Å². The molecular formula is C31H34N4O4. The average Bonchev–Trinajstić information content (AvgIpc) is 3.32. The molecule has 3 atom stereocenters. The Labute approximate surface area is 228 Å². The van der Waals surface area contributed by atoms with Gasteiger partial charge in [-0.05, 0) is 5.56 Å². The van der Waals surface area contributed by atoms with Crippen LogP contribution in [0.25, 0.3) is 0 Å². The molecule has 3 aromatic carbocycles. The van der Waals surface area contributed by atoms with Crippen LogP contribution in [0.2, 0.25) is 0 Å². The highest BCUT2D eigenvalue weighted by molar-refractivity contribution is 5.87. The first-order chi connectivity index (χ1) is 19.2. The van der Waals surface area contributed by atoms with Crippen molar-refractivity contribution in [3.63, 3.8) is 0 Å². The highest BCUT2D eigenvalue weighted by Gasteiger charge is 2.60. The summed E-state index contributed by atoms with van der Waals surface area (Å²) in [5, 5.41) is 6.67. The van der Waals surface area contributed by atoms with Gasteiger partial charge in [0.05, 0.1) is 19.3 Å². The first-order valence-corrected chi connectivity index (χ1v) is 13.7. The van der Waals surface area contributed by atoms with E-state index in [9.17, 15) is 9.59 Å². The lowest BCUT2D eigenvalue weighted by Crippen LogP contribution is -2.66. The minimum absolute atomic E-state index is 0.135. The molecule has 3 unspecified atom stereocenters. The average molecular weight is 527 g/mol. The number of nitrogens with one attached hydrogen (secondary N) is 2. The Morgan fingerprint density at radius 2 is 1.49 bits per heavy atom. The number of morpholine rings is 1. The number of piperazine rings is 1. The predicted molar refractivity (Wildman–Crippen MR) is 147 cm³/mol. The molecule has 6 rings (SSSR count). The van der Waals surface area contributed by atoms with Crippen LogP contribution >= 0.6 is 0 Å². The van der Waals surface area contributed by atoms with Crippen LogP contribution in [0.15, 0.2) is 91.0 Å². The summed E-state index contributed by atoms with van der Waals surface area (Å²) in [5.41, 5.74) is 1.48. The quantitative estimate of drug-likeness (QED) is 0.457. The number of ether oxygens (including phenoxy) is 2. The third kappa shape index (κ3) is 4.96. The van der Waals surface area contributed by atoms with E-state index in [0.29, 0.717) is 32.8 Å². The van der Waals surface area contributed by atoms with E-state index in [-0.39, 0.29) is 17.9 Å². The van der Waals surface area contributed by atoms with Gasteiger partial charge in [0, 0.05) is 43.9 Å². The van der Waals surface area contributed by atoms with Crippen LogP contribution in [-0.2, 0) is 24.8 Å². The number of amides is 1. The largest absolute Gasteiger partial charge is 0.434 e. The van der Waals surface area contributed by atoms with Crippen molar-refractivity contribution >= 4 is 11.9 Å². The van der Waals surface area contributed by atoms with E-state index < -0.39 is 17.8 Å². The zero-order chi connectivity index (χ0) is 26.7. The fourth-order valence-corrected chi connectivity index (χ4v) is 6.03. The molecule has 8 nitrogen and oxygen atoms in total. The molecule has 3 heterocycles. The summed E-state index contributed by atoms with van der Waals surface area (Å²) in [6.07, 6.45) is 0. The zero-order valence-corrected chi connectivity index (χ0v) is 21.9. The van der Waals surface area contributed by atoms with Crippen LogP contribution in [0.5, 0.6) is 0 Å². The molecule has 202 valence electrons. The minimum atomic E-state index is -1.21.